The van der Waals surface area contributed by atoms with E-state index in [0.29, 0.717) is 12.1 Å². The highest BCUT2D eigenvalue weighted by Gasteiger charge is 2.29. The van der Waals surface area contributed by atoms with Gasteiger partial charge in [-0.3, -0.25) is 19.3 Å². The van der Waals surface area contributed by atoms with Crippen LogP contribution in [0.1, 0.15) is 29.3 Å². The fourth-order valence-electron chi connectivity index (χ4n) is 2.20. The number of nitrogens with zero attached hydrogens (tertiary/aromatic N) is 1. The highest BCUT2D eigenvalue weighted by molar-refractivity contribution is 8.14. The number of hydrogen-bond donors (Lipinski definition) is 2. The third kappa shape index (κ3) is 5.07. The maximum Gasteiger partial charge on any atom is 0.289 e. The van der Waals surface area contributed by atoms with Crippen LogP contribution in [0.15, 0.2) is 24.3 Å². The van der Waals surface area contributed by atoms with Gasteiger partial charge < -0.3 is 10.6 Å². The fraction of sp³-hybridized carbons (Fsp3) is 0.438. The Hall–Kier alpha value is -1.86. The van der Waals surface area contributed by atoms with Gasteiger partial charge in [-0.15, -0.1) is 0 Å². The molecule has 2 rings (SSSR count). The molecule has 0 aromatic heterocycles. The summed E-state index contributed by atoms with van der Waals surface area (Å²) in [5.41, 5.74) is 1.30. The van der Waals surface area contributed by atoms with Gasteiger partial charge in [0.2, 0.25) is 5.91 Å². The number of carbonyl (C=O) groups is 3. The van der Waals surface area contributed by atoms with Gasteiger partial charge in [-0.2, -0.15) is 0 Å². The van der Waals surface area contributed by atoms with Crippen LogP contribution in [0.25, 0.3) is 0 Å². The fourth-order valence-corrected chi connectivity index (χ4v) is 2.92. The molecule has 0 unspecified atom stereocenters. The molecule has 1 aromatic rings. The van der Waals surface area contributed by atoms with Crippen molar-refractivity contribution in [1.82, 2.24) is 15.5 Å². The largest absolute Gasteiger partial charge is 0.351 e. The molecule has 7 heteroatoms. The Labute approximate surface area is 140 Å². The number of benzene rings is 1. The van der Waals surface area contributed by atoms with Gasteiger partial charge in [0, 0.05) is 18.7 Å². The van der Waals surface area contributed by atoms with Crippen LogP contribution < -0.4 is 10.6 Å². The lowest BCUT2D eigenvalue weighted by Gasteiger charge is -2.13. The van der Waals surface area contributed by atoms with Crippen molar-refractivity contribution < 1.29 is 14.4 Å². The molecule has 0 radical (unpaired) electrons. The predicted octanol–water partition coefficient (Wildman–Crippen LogP) is 1.61. The van der Waals surface area contributed by atoms with E-state index < -0.39 is 0 Å². The number of rotatable bonds is 8. The second-order valence-corrected chi connectivity index (χ2v) is 6.17. The van der Waals surface area contributed by atoms with Gasteiger partial charge in [0.1, 0.15) is 0 Å². The van der Waals surface area contributed by atoms with Crippen LogP contribution in [0.3, 0.4) is 0 Å². The molecule has 0 bridgehead atoms. The Morgan fingerprint density at radius 1 is 1.26 bits per heavy atom. The van der Waals surface area contributed by atoms with Crippen LogP contribution in [0.4, 0.5) is 4.79 Å². The van der Waals surface area contributed by atoms with Crippen molar-refractivity contribution in [3.63, 3.8) is 0 Å². The first-order chi connectivity index (χ1) is 11.1. The van der Waals surface area contributed by atoms with E-state index in [2.05, 4.69) is 17.6 Å². The lowest BCUT2D eigenvalue weighted by molar-refractivity contribution is -0.125. The molecule has 1 fully saturated rings. The Kier molecular flexibility index (Phi) is 6.61. The van der Waals surface area contributed by atoms with Crippen LogP contribution in [0.2, 0.25) is 0 Å². The normalized spacial score (nSPS) is 14.4. The maximum atomic E-state index is 12.1. The van der Waals surface area contributed by atoms with Gasteiger partial charge in [-0.1, -0.05) is 30.8 Å². The number of hydrogen-bond acceptors (Lipinski definition) is 5. The lowest BCUT2D eigenvalue weighted by Crippen LogP contribution is -2.32. The molecular formula is C16H21N3O3S. The summed E-state index contributed by atoms with van der Waals surface area (Å²) in [6, 6.07) is 7.01. The van der Waals surface area contributed by atoms with Crippen LogP contribution in [0, 0.1) is 0 Å². The molecule has 0 atom stereocenters. The van der Waals surface area contributed by atoms with Gasteiger partial charge in [-0.05, 0) is 30.7 Å². The van der Waals surface area contributed by atoms with E-state index in [1.165, 1.54) is 4.90 Å². The number of amides is 3. The monoisotopic (exact) mass is 335 g/mol. The third-order valence-electron chi connectivity index (χ3n) is 3.38. The molecule has 6 nitrogen and oxygen atoms in total. The average molecular weight is 335 g/mol. The molecule has 3 amide bonds. The summed E-state index contributed by atoms with van der Waals surface area (Å²) in [7, 11) is 0. The number of carbonyl (C=O) groups excluding carboxylic acids is 3. The maximum absolute atomic E-state index is 12.1. The molecule has 1 aromatic carbocycles. The van der Waals surface area contributed by atoms with Crippen molar-refractivity contribution in [2.24, 2.45) is 0 Å². The van der Waals surface area contributed by atoms with Gasteiger partial charge >= 0.3 is 0 Å². The summed E-state index contributed by atoms with van der Waals surface area (Å²) in [4.78, 5) is 36.6. The molecule has 0 spiro atoms. The number of nitrogens with one attached hydrogen (secondary N) is 2. The second-order valence-electron chi connectivity index (χ2n) is 5.24. The van der Waals surface area contributed by atoms with E-state index in [-0.39, 0.29) is 29.4 Å². The summed E-state index contributed by atoms with van der Waals surface area (Å²) in [6.07, 6.45) is 1.06. The first kappa shape index (κ1) is 17.5. The lowest BCUT2D eigenvalue weighted by atomic mass is 10.1. The minimum Gasteiger partial charge on any atom is -0.351 e. The SMILES string of the molecule is CCCNCCNC(=O)c1cccc(CN2C(=O)CSC2=O)c1. The van der Waals surface area contributed by atoms with Crippen LogP contribution in [-0.4, -0.2) is 47.3 Å². The molecule has 0 aliphatic carbocycles. The third-order valence-corrected chi connectivity index (χ3v) is 4.24. The van der Waals surface area contributed by atoms with Gasteiger partial charge in [0.15, 0.2) is 0 Å². The first-order valence-electron chi connectivity index (χ1n) is 7.66. The van der Waals surface area contributed by atoms with Crippen LogP contribution >= 0.6 is 11.8 Å². The zero-order valence-electron chi connectivity index (χ0n) is 13.1. The summed E-state index contributed by atoms with van der Waals surface area (Å²) in [5.74, 6) is -0.139. The van der Waals surface area contributed by atoms with Gasteiger partial charge in [0.25, 0.3) is 11.1 Å². The van der Waals surface area contributed by atoms with E-state index >= 15 is 0 Å². The number of imide groups is 1. The summed E-state index contributed by atoms with van der Waals surface area (Å²) in [5, 5.41) is 5.83. The number of thioether (sulfide) groups is 1. The molecule has 0 saturated carbocycles. The van der Waals surface area contributed by atoms with Gasteiger partial charge in [0.05, 0.1) is 12.3 Å². The smallest absolute Gasteiger partial charge is 0.289 e. The molecule has 2 N–H and O–H groups in total. The van der Waals surface area contributed by atoms with Crippen molar-refractivity contribution in [2.75, 3.05) is 25.4 Å². The van der Waals surface area contributed by atoms with Crippen molar-refractivity contribution in [3.8, 4) is 0 Å². The quantitative estimate of drug-likeness (QED) is 0.706. The average Bonchev–Trinajstić information content (AvgIpc) is 2.87. The topological polar surface area (TPSA) is 78.5 Å². The van der Waals surface area contributed by atoms with Crippen molar-refractivity contribution in [1.29, 1.82) is 0 Å². The highest BCUT2D eigenvalue weighted by Crippen LogP contribution is 2.21. The molecule has 1 heterocycles. The van der Waals surface area contributed by atoms with E-state index in [0.717, 1.165) is 36.8 Å². The Bertz CT molecular complexity index is 576. The van der Waals surface area contributed by atoms with Crippen molar-refractivity contribution in [2.45, 2.75) is 19.9 Å². The highest BCUT2D eigenvalue weighted by atomic mass is 32.2. The van der Waals surface area contributed by atoms with Crippen LogP contribution in [0.5, 0.6) is 0 Å². The minimum absolute atomic E-state index is 0.154. The zero-order valence-corrected chi connectivity index (χ0v) is 13.9. The Morgan fingerprint density at radius 2 is 2.09 bits per heavy atom. The van der Waals surface area contributed by atoms with Crippen molar-refractivity contribution in [3.05, 3.63) is 35.4 Å². The van der Waals surface area contributed by atoms with E-state index in [9.17, 15) is 14.4 Å². The zero-order chi connectivity index (χ0) is 16.7. The summed E-state index contributed by atoms with van der Waals surface area (Å²) < 4.78 is 0. The molecule has 1 aliphatic rings. The van der Waals surface area contributed by atoms with Gasteiger partial charge in [-0.25, -0.2) is 0 Å². The van der Waals surface area contributed by atoms with E-state index in [1.54, 1.807) is 18.2 Å². The molecular weight excluding hydrogens is 314 g/mol. The standard InChI is InChI=1S/C16H21N3O3S/c1-2-6-17-7-8-18-15(21)13-5-3-4-12(9-13)10-19-14(20)11-23-16(19)22/h3-5,9,17H,2,6-8,10-11H2,1H3,(H,18,21). The molecule has 124 valence electrons. The molecule has 1 aliphatic heterocycles. The Balaban J connectivity index is 1.90. The first-order valence-corrected chi connectivity index (χ1v) is 8.65. The summed E-state index contributed by atoms with van der Waals surface area (Å²) in [6.45, 7) is 4.52. The van der Waals surface area contributed by atoms with Crippen LogP contribution in [-0.2, 0) is 11.3 Å². The minimum atomic E-state index is -0.230. The Morgan fingerprint density at radius 3 is 2.78 bits per heavy atom. The predicted molar refractivity (Wildman–Crippen MR) is 90.3 cm³/mol. The van der Waals surface area contributed by atoms with E-state index in [1.807, 2.05) is 6.07 Å². The van der Waals surface area contributed by atoms with Crippen molar-refractivity contribution >= 4 is 28.8 Å². The second kappa shape index (κ2) is 8.69. The van der Waals surface area contributed by atoms with E-state index in [4.69, 9.17) is 0 Å². The summed E-state index contributed by atoms with van der Waals surface area (Å²) >= 11 is 1.01. The molecule has 23 heavy (non-hydrogen) atoms. The molecule has 1 saturated heterocycles.